The van der Waals surface area contributed by atoms with Gasteiger partial charge in [0, 0.05) is 12.8 Å². The molecule has 270 valence electrons. The van der Waals surface area contributed by atoms with Gasteiger partial charge in [0.2, 0.25) is 0 Å². The van der Waals surface area contributed by atoms with Gasteiger partial charge < -0.3 is 19.1 Å². The topological polar surface area (TPSA) is 65.1 Å². The van der Waals surface area contributed by atoms with E-state index in [-0.39, 0.29) is 24.1 Å². The molecule has 0 aromatic rings. The predicted octanol–water partition coefficient (Wildman–Crippen LogP) is 10.6. The summed E-state index contributed by atoms with van der Waals surface area (Å²) in [4.78, 5) is 26.7. The van der Waals surface area contributed by atoms with Gasteiger partial charge in [0.1, 0.15) is 12.2 Å². The van der Waals surface area contributed by atoms with Crippen LogP contribution in [0.4, 0.5) is 0 Å². The summed E-state index contributed by atoms with van der Waals surface area (Å²) < 4.78 is 17.1. The second-order valence-corrected chi connectivity index (χ2v) is 13.5. The van der Waals surface area contributed by atoms with Crippen molar-refractivity contribution in [2.24, 2.45) is 0 Å². The zero-order valence-corrected chi connectivity index (χ0v) is 30.6. The summed E-state index contributed by atoms with van der Waals surface area (Å²) in [6.07, 6.45) is 41.9. The molecule has 0 amide bonds. The molecule has 0 saturated heterocycles. The van der Waals surface area contributed by atoms with E-state index in [1.807, 2.05) is 21.0 Å². The Bertz CT molecular complexity index is 862. The van der Waals surface area contributed by atoms with Crippen molar-refractivity contribution in [3.63, 3.8) is 0 Å². The van der Waals surface area contributed by atoms with Crippen LogP contribution in [0.5, 0.6) is 0 Å². The minimum Gasteiger partial charge on any atom is -0.462 e. The second kappa shape index (κ2) is 32.4. The van der Waals surface area contributed by atoms with Crippen LogP contribution < -0.4 is 0 Å². The van der Waals surface area contributed by atoms with Crippen molar-refractivity contribution in [1.29, 1.82) is 0 Å². The molecular weight excluding hydrogens is 586 g/mol. The number of esters is 2. The first kappa shape index (κ1) is 42.8. The van der Waals surface area contributed by atoms with Gasteiger partial charge in [-0.05, 0) is 111 Å². The lowest BCUT2D eigenvalue weighted by atomic mass is 10.0. The fourth-order valence-corrected chi connectivity index (χ4v) is 5.66. The number of rotatable bonds is 5. The van der Waals surface area contributed by atoms with Crippen molar-refractivity contribution in [2.75, 3.05) is 33.9 Å². The average molecular weight is 658 g/mol. The zero-order chi connectivity index (χ0) is 34.0. The molecule has 0 spiro atoms. The summed E-state index contributed by atoms with van der Waals surface area (Å²) in [5, 5.41) is 0. The Labute approximate surface area is 289 Å². The van der Waals surface area contributed by atoms with E-state index in [0.29, 0.717) is 32.5 Å². The first-order valence-corrected chi connectivity index (χ1v) is 19.2. The van der Waals surface area contributed by atoms with Crippen LogP contribution >= 0.6 is 0 Å². The Morgan fingerprint density at radius 2 is 1.23 bits per heavy atom. The molecule has 47 heavy (non-hydrogen) atoms. The largest absolute Gasteiger partial charge is 0.462 e. The van der Waals surface area contributed by atoms with Crippen LogP contribution in [0.15, 0.2) is 48.6 Å². The second-order valence-electron chi connectivity index (χ2n) is 13.5. The van der Waals surface area contributed by atoms with E-state index in [1.54, 1.807) is 0 Å². The average Bonchev–Trinajstić information content (AvgIpc) is 3.03. The van der Waals surface area contributed by atoms with Gasteiger partial charge in [0.25, 0.3) is 0 Å². The number of hydrogen-bond acceptors (Lipinski definition) is 6. The standard InChI is InChI=1S/C41H71NO5/c1-38-37-45-36-29-25-21-17-13-9-5-7-11-15-19-23-27-32-39(47-41(44)34-30-35-42(2)3)31-26-22-18-14-10-6-4-8-12-16-20-24-28-33-40(43)46-38/h8-9,12-13,20-21,24-25,38-39H,4-7,10-11,14-19,22-23,26-37H2,1-3H3/b12-8-,13-9-,24-20-,25-21-. The number of nitrogens with zero attached hydrogens (tertiary/aromatic N) is 1. The molecule has 0 fully saturated rings. The van der Waals surface area contributed by atoms with E-state index in [1.165, 1.54) is 64.2 Å². The van der Waals surface area contributed by atoms with Crippen LogP contribution in [0.3, 0.4) is 0 Å². The molecule has 6 heteroatoms. The Hall–Kier alpha value is -2.18. The predicted molar refractivity (Wildman–Crippen MR) is 198 cm³/mol. The Kier molecular flexibility index (Phi) is 29.5. The quantitative estimate of drug-likeness (QED) is 0.217. The summed E-state index contributed by atoms with van der Waals surface area (Å²) in [7, 11) is 4.09. The Morgan fingerprint density at radius 3 is 1.81 bits per heavy atom. The molecule has 2 unspecified atom stereocenters. The highest BCUT2D eigenvalue weighted by Crippen LogP contribution is 2.18. The summed E-state index contributed by atoms with van der Waals surface area (Å²) in [6, 6.07) is 0. The zero-order valence-electron chi connectivity index (χ0n) is 30.6. The summed E-state index contributed by atoms with van der Waals surface area (Å²) in [6.45, 7) is 3.89. The molecule has 0 N–H and O–H groups in total. The number of carbonyl (C=O) groups is 2. The van der Waals surface area contributed by atoms with Crippen molar-refractivity contribution in [1.82, 2.24) is 4.90 Å². The van der Waals surface area contributed by atoms with Gasteiger partial charge in [0.15, 0.2) is 0 Å². The van der Waals surface area contributed by atoms with Crippen molar-refractivity contribution in [3.05, 3.63) is 48.6 Å². The lowest BCUT2D eigenvalue weighted by Crippen LogP contribution is -2.20. The fourth-order valence-electron chi connectivity index (χ4n) is 5.66. The molecule has 0 aliphatic carbocycles. The first-order valence-electron chi connectivity index (χ1n) is 19.2. The lowest BCUT2D eigenvalue weighted by molar-refractivity contribution is -0.151. The third-order valence-electron chi connectivity index (χ3n) is 8.42. The van der Waals surface area contributed by atoms with E-state index in [9.17, 15) is 9.59 Å². The van der Waals surface area contributed by atoms with E-state index in [4.69, 9.17) is 14.2 Å². The molecule has 1 rings (SSSR count). The molecule has 6 nitrogen and oxygen atoms in total. The molecule has 1 aliphatic rings. The van der Waals surface area contributed by atoms with Crippen LogP contribution in [0, 0.1) is 0 Å². The summed E-state index contributed by atoms with van der Waals surface area (Å²) >= 11 is 0. The molecule has 1 aliphatic heterocycles. The molecule has 0 bridgehead atoms. The molecule has 0 radical (unpaired) electrons. The van der Waals surface area contributed by atoms with Crippen LogP contribution in [0.1, 0.15) is 155 Å². The van der Waals surface area contributed by atoms with Crippen LogP contribution in [-0.2, 0) is 23.8 Å². The van der Waals surface area contributed by atoms with Gasteiger partial charge in [0.05, 0.1) is 13.2 Å². The van der Waals surface area contributed by atoms with Crippen molar-refractivity contribution < 1.29 is 23.8 Å². The highest BCUT2D eigenvalue weighted by atomic mass is 16.6. The van der Waals surface area contributed by atoms with Gasteiger partial charge in [-0.1, -0.05) is 100.0 Å². The Balaban J connectivity index is 2.46. The molecule has 0 saturated carbocycles. The van der Waals surface area contributed by atoms with Crippen LogP contribution in [0.25, 0.3) is 0 Å². The highest BCUT2D eigenvalue weighted by molar-refractivity contribution is 5.70. The van der Waals surface area contributed by atoms with Crippen LogP contribution in [-0.4, -0.2) is 62.9 Å². The third-order valence-corrected chi connectivity index (χ3v) is 8.42. The van der Waals surface area contributed by atoms with Crippen molar-refractivity contribution in [3.8, 4) is 0 Å². The maximum Gasteiger partial charge on any atom is 0.306 e. The molecule has 2 atom stereocenters. The van der Waals surface area contributed by atoms with Gasteiger partial charge in [-0.25, -0.2) is 0 Å². The van der Waals surface area contributed by atoms with Gasteiger partial charge in [-0.2, -0.15) is 0 Å². The third kappa shape index (κ3) is 30.9. The van der Waals surface area contributed by atoms with Crippen molar-refractivity contribution >= 4 is 11.9 Å². The SMILES string of the molecule is CC1COCC/C=C\C/C=C\CCCCCCCCC(OC(=O)CCCN(C)C)CCCCCCCC/C=C\C/C=C\CCC(=O)O1. The van der Waals surface area contributed by atoms with Gasteiger partial charge >= 0.3 is 11.9 Å². The maximum absolute atomic E-state index is 12.5. The smallest absolute Gasteiger partial charge is 0.306 e. The maximum atomic E-state index is 12.5. The van der Waals surface area contributed by atoms with Gasteiger partial charge in [-0.3, -0.25) is 9.59 Å². The molecule has 0 aromatic carbocycles. The highest BCUT2D eigenvalue weighted by Gasteiger charge is 2.14. The van der Waals surface area contributed by atoms with Crippen molar-refractivity contribution in [2.45, 2.75) is 167 Å². The number of carbonyl (C=O) groups excluding carboxylic acids is 2. The molecular formula is C41H71NO5. The number of allylic oxidation sites excluding steroid dienone is 7. The summed E-state index contributed by atoms with van der Waals surface area (Å²) in [5.74, 6) is -0.178. The first-order chi connectivity index (χ1) is 23.0. The molecule has 1 heterocycles. The van der Waals surface area contributed by atoms with Crippen LogP contribution in [0.2, 0.25) is 0 Å². The monoisotopic (exact) mass is 658 g/mol. The normalized spacial score (nSPS) is 25.6. The Morgan fingerprint density at radius 1 is 0.723 bits per heavy atom. The fraction of sp³-hybridized carbons (Fsp3) is 0.756. The van der Waals surface area contributed by atoms with Gasteiger partial charge in [-0.15, -0.1) is 0 Å². The van der Waals surface area contributed by atoms with E-state index >= 15 is 0 Å². The number of hydrogen-bond donors (Lipinski definition) is 0. The lowest BCUT2D eigenvalue weighted by Gasteiger charge is -2.18. The number of ether oxygens (including phenoxy) is 3. The van der Waals surface area contributed by atoms with E-state index in [2.05, 4.69) is 53.5 Å². The minimum atomic E-state index is -0.218. The number of cyclic esters (lactones) is 1. The van der Waals surface area contributed by atoms with E-state index < -0.39 is 0 Å². The summed E-state index contributed by atoms with van der Waals surface area (Å²) in [5.41, 5.74) is 0. The van der Waals surface area contributed by atoms with E-state index in [0.717, 1.165) is 70.8 Å². The minimum absolute atomic E-state index is 0.0163. The molecule has 0 aromatic heterocycles.